The molecule has 0 spiro atoms. The van der Waals surface area contributed by atoms with Crippen LogP contribution in [-0.4, -0.2) is 6.61 Å². The first-order valence-electron chi connectivity index (χ1n) is 3.87. The van der Waals surface area contributed by atoms with Crippen molar-refractivity contribution in [2.45, 2.75) is 13.2 Å². The lowest BCUT2D eigenvalue weighted by Crippen LogP contribution is -2.02. The Morgan fingerprint density at radius 3 is 2.80 bits per heavy atom. The molecule has 1 aromatic rings. The minimum Gasteiger partial charge on any atom is -0.433 e. The predicted molar refractivity (Wildman–Crippen MR) is 50.9 cm³/mol. The molecule has 0 heterocycles. The average molecular weight is 234 g/mol. The Hall–Kier alpha value is -1.52. The molecule has 0 bridgehead atoms. The molecular weight excluding hydrogens is 228 g/mol. The van der Waals surface area contributed by atoms with Crippen molar-refractivity contribution in [3.8, 4) is 5.75 Å². The molecule has 0 radical (unpaired) electrons. The third-order valence-electron chi connectivity index (χ3n) is 1.53. The number of halogens is 3. The normalized spacial score (nSPS) is 9.87. The summed E-state index contributed by atoms with van der Waals surface area (Å²) in [5.41, 5.74) is 8.70. The molecule has 0 atom stereocenters. The summed E-state index contributed by atoms with van der Waals surface area (Å²) in [6.45, 7) is -2.80. The van der Waals surface area contributed by atoms with Gasteiger partial charge in [-0.05, 0) is 23.2 Å². The van der Waals surface area contributed by atoms with Crippen LogP contribution in [-0.2, 0) is 6.54 Å². The molecular formula is C8H6ClF2N3O. The highest BCUT2D eigenvalue weighted by Crippen LogP contribution is 2.27. The van der Waals surface area contributed by atoms with Gasteiger partial charge in [0.25, 0.3) is 0 Å². The first kappa shape index (κ1) is 11.6. The molecule has 15 heavy (non-hydrogen) atoms. The van der Waals surface area contributed by atoms with Gasteiger partial charge in [-0.3, -0.25) is 0 Å². The lowest BCUT2D eigenvalue weighted by atomic mass is 10.2. The van der Waals surface area contributed by atoms with E-state index in [4.69, 9.17) is 17.1 Å². The van der Waals surface area contributed by atoms with Crippen molar-refractivity contribution in [2.75, 3.05) is 0 Å². The van der Waals surface area contributed by atoms with Crippen LogP contribution in [0.4, 0.5) is 8.78 Å². The molecule has 0 unspecified atom stereocenters. The zero-order valence-corrected chi connectivity index (χ0v) is 8.16. The third-order valence-corrected chi connectivity index (χ3v) is 1.82. The summed E-state index contributed by atoms with van der Waals surface area (Å²) >= 11 is 5.66. The Bertz CT molecular complexity index is 393. The van der Waals surface area contributed by atoms with Crippen LogP contribution in [0.25, 0.3) is 10.4 Å². The molecule has 1 aromatic carbocycles. The molecule has 0 fully saturated rings. The van der Waals surface area contributed by atoms with Crippen LogP contribution in [0.5, 0.6) is 5.75 Å². The number of ether oxygens (including phenoxy) is 1. The van der Waals surface area contributed by atoms with Gasteiger partial charge in [-0.2, -0.15) is 8.78 Å². The Morgan fingerprint density at radius 2 is 2.27 bits per heavy atom. The molecule has 80 valence electrons. The van der Waals surface area contributed by atoms with Gasteiger partial charge in [0.15, 0.2) is 0 Å². The number of rotatable bonds is 4. The van der Waals surface area contributed by atoms with Gasteiger partial charge in [0.05, 0.1) is 11.6 Å². The summed E-state index contributed by atoms with van der Waals surface area (Å²) in [7, 11) is 0. The van der Waals surface area contributed by atoms with E-state index in [2.05, 4.69) is 14.8 Å². The van der Waals surface area contributed by atoms with Crippen molar-refractivity contribution in [3.63, 3.8) is 0 Å². The zero-order valence-electron chi connectivity index (χ0n) is 7.40. The number of hydrogen-bond acceptors (Lipinski definition) is 2. The van der Waals surface area contributed by atoms with Crippen molar-refractivity contribution in [3.05, 3.63) is 39.2 Å². The topological polar surface area (TPSA) is 58.0 Å². The third kappa shape index (κ3) is 3.61. The smallest absolute Gasteiger partial charge is 0.387 e. The minimum absolute atomic E-state index is 0.0564. The summed E-state index contributed by atoms with van der Waals surface area (Å²) in [5.74, 6) is -0.101. The number of nitrogens with zero attached hydrogens (tertiary/aromatic N) is 3. The lowest BCUT2D eigenvalue weighted by Gasteiger charge is -2.07. The number of alkyl halides is 2. The molecule has 7 heteroatoms. The van der Waals surface area contributed by atoms with Crippen LogP contribution in [0.2, 0.25) is 5.02 Å². The monoisotopic (exact) mass is 233 g/mol. The second kappa shape index (κ2) is 5.38. The van der Waals surface area contributed by atoms with Crippen LogP contribution < -0.4 is 4.74 Å². The van der Waals surface area contributed by atoms with E-state index in [1.807, 2.05) is 0 Å². The Morgan fingerprint density at radius 1 is 1.53 bits per heavy atom. The maximum atomic E-state index is 11.9. The van der Waals surface area contributed by atoms with Gasteiger partial charge in [0.1, 0.15) is 5.75 Å². The van der Waals surface area contributed by atoms with Crippen LogP contribution in [0.3, 0.4) is 0 Å². The molecule has 0 aliphatic heterocycles. The van der Waals surface area contributed by atoms with E-state index in [-0.39, 0.29) is 17.3 Å². The van der Waals surface area contributed by atoms with Gasteiger partial charge in [0.2, 0.25) is 0 Å². The number of hydrogen-bond donors (Lipinski definition) is 0. The summed E-state index contributed by atoms with van der Waals surface area (Å²) in [6.07, 6.45) is 0. The van der Waals surface area contributed by atoms with E-state index in [0.29, 0.717) is 5.56 Å². The largest absolute Gasteiger partial charge is 0.433 e. The van der Waals surface area contributed by atoms with E-state index in [1.54, 1.807) is 0 Å². The van der Waals surface area contributed by atoms with Crippen molar-refractivity contribution in [1.29, 1.82) is 0 Å². The number of azide groups is 1. The Labute approximate surface area is 89.0 Å². The molecule has 0 aliphatic rings. The van der Waals surface area contributed by atoms with Crippen molar-refractivity contribution in [1.82, 2.24) is 0 Å². The summed E-state index contributed by atoms with van der Waals surface area (Å²) in [4.78, 5) is 2.56. The molecule has 0 aliphatic carbocycles. The lowest BCUT2D eigenvalue weighted by molar-refractivity contribution is -0.0497. The van der Waals surface area contributed by atoms with Crippen LogP contribution in [0.1, 0.15) is 5.56 Å². The van der Waals surface area contributed by atoms with E-state index >= 15 is 0 Å². The number of benzene rings is 1. The highest BCUT2D eigenvalue weighted by Gasteiger charge is 2.08. The zero-order chi connectivity index (χ0) is 11.3. The molecule has 0 amide bonds. The maximum Gasteiger partial charge on any atom is 0.387 e. The Kier molecular flexibility index (Phi) is 4.15. The minimum atomic E-state index is -2.91. The second-order valence-corrected chi connectivity index (χ2v) is 2.94. The van der Waals surface area contributed by atoms with Crippen LogP contribution >= 0.6 is 11.6 Å². The Balaban J connectivity index is 2.82. The first-order chi connectivity index (χ1) is 7.13. The summed E-state index contributed by atoms with van der Waals surface area (Å²) in [5, 5.41) is 3.36. The second-order valence-electron chi connectivity index (χ2n) is 2.53. The quantitative estimate of drug-likeness (QED) is 0.444. The van der Waals surface area contributed by atoms with Crippen molar-refractivity contribution < 1.29 is 13.5 Å². The van der Waals surface area contributed by atoms with Gasteiger partial charge in [-0.25, -0.2) is 0 Å². The van der Waals surface area contributed by atoms with Gasteiger partial charge < -0.3 is 4.74 Å². The van der Waals surface area contributed by atoms with E-state index < -0.39 is 6.61 Å². The van der Waals surface area contributed by atoms with Gasteiger partial charge in [-0.15, -0.1) is 0 Å². The summed E-state index contributed by atoms with van der Waals surface area (Å²) < 4.78 is 27.8. The molecule has 0 saturated heterocycles. The molecule has 0 saturated carbocycles. The fourth-order valence-electron chi connectivity index (χ4n) is 0.948. The fourth-order valence-corrected chi connectivity index (χ4v) is 1.20. The van der Waals surface area contributed by atoms with E-state index in [1.165, 1.54) is 18.2 Å². The van der Waals surface area contributed by atoms with E-state index in [0.717, 1.165) is 0 Å². The first-order valence-corrected chi connectivity index (χ1v) is 4.25. The standard InChI is InChI=1S/C8H6ClF2N3O/c9-6-3-5(4-13-14-12)1-2-7(6)15-8(10)11/h1-3,8H,4H2. The predicted octanol–water partition coefficient (Wildman–Crippen LogP) is 3.75. The summed E-state index contributed by atoms with van der Waals surface area (Å²) in [6, 6.07) is 4.21. The van der Waals surface area contributed by atoms with Gasteiger partial charge in [0, 0.05) is 4.91 Å². The maximum absolute atomic E-state index is 11.9. The van der Waals surface area contributed by atoms with Crippen LogP contribution in [0, 0.1) is 0 Å². The van der Waals surface area contributed by atoms with Crippen molar-refractivity contribution in [2.24, 2.45) is 5.11 Å². The van der Waals surface area contributed by atoms with Gasteiger partial charge in [-0.1, -0.05) is 22.8 Å². The van der Waals surface area contributed by atoms with Crippen molar-refractivity contribution >= 4 is 11.6 Å². The molecule has 0 aromatic heterocycles. The van der Waals surface area contributed by atoms with E-state index in [9.17, 15) is 8.78 Å². The highest BCUT2D eigenvalue weighted by atomic mass is 35.5. The molecule has 4 nitrogen and oxygen atoms in total. The molecule has 0 N–H and O–H groups in total. The highest BCUT2D eigenvalue weighted by molar-refractivity contribution is 6.32. The SMILES string of the molecule is [N-]=[N+]=NCc1ccc(OC(F)F)c(Cl)c1. The average Bonchev–Trinajstić information content (AvgIpc) is 2.18. The fraction of sp³-hybridized carbons (Fsp3) is 0.250. The molecule has 1 rings (SSSR count). The van der Waals surface area contributed by atoms with Gasteiger partial charge >= 0.3 is 6.61 Å². The van der Waals surface area contributed by atoms with Crippen LogP contribution in [0.15, 0.2) is 23.3 Å².